The van der Waals surface area contributed by atoms with Gasteiger partial charge in [-0.15, -0.1) is 0 Å². The first kappa shape index (κ1) is 25.9. The number of carbonyl (C=O) groups excluding carboxylic acids is 1. The Morgan fingerprint density at radius 2 is 1.64 bits per heavy atom. The van der Waals surface area contributed by atoms with Crippen LogP contribution in [0.3, 0.4) is 0 Å². The van der Waals surface area contributed by atoms with Crippen LogP contribution in [-0.2, 0) is 16.2 Å². The predicted molar refractivity (Wildman–Crippen MR) is 126 cm³/mol. The first-order chi connectivity index (χ1) is 16.9. The van der Waals surface area contributed by atoms with Crippen molar-refractivity contribution in [3.05, 3.63) is 86.8 Å². The Hall–Kier alpha value is -3.22. The zero-order chi connectivity index (χ0) is 26.3. The minimum Gasteiger partial charge on any atom is -0.334 e. The van der Waals surface area contributed by atoms with Crippen LogP contribution in [0, 0.1) is 6.92 Å². The van der Waals surface area contributed by atoms with Crippen molar-refractivity contribution in [3.8, 4) is 5.69 Å². The van der Waals surface area contributed by atoms with Gasteiger partial charge in [0.15, 0.2) is 5.69 Å². The fraction of sp³-hybridized carbons (Fsp3) is 0.261. The van der Waals surface area contributed by atoms with Gasteiger partial charge in [-0.3, -0.25) is 9.59 Å². The number of hydrogen-bond acceptors (Lipinski definition) is 5. The van der Waals surface area contributed by atoms with Crippen molar-refractivity contribution in [3.63, 3.8) is 0 Å². The summed E-state index contributed by atoms with van der Waals surface area (Å²) in [7, 11) is -4.22. The number of alkyl halides is 3. The molecule has 0 radical (unpaired) electrons. The van der Waals surface area contributed by atoms with E-state index in [4.69, 9.17) is 11.6 Å². The van der Waals surface area contributed by atoms with Crippen LogP contribution in [-0.4, -0.2) is 59.5 Å². The number of nitrogens with zero attached hydrogens (tertiary/aromatic N) is 4. The highest BCUT2D eigenvalue weighted by atomic mass is 35.5. The third-order valence-electron chi connectivity index (χ3n) is 5.71. The van der Waals surface area contributed by atoms with Gasteiger partial charge in [0.2, 0.25) is 15.5 Å². The summed E-state index contributed by atoms with van der Waals surface area (Å²) in [5.74, 6) is -0.668. The van der Waals surface area contributed by atoms with E-state index in [1.807, 2.05) is 0 Å². The van der Waals surface area contributed by atoms with Gasteiger partial charge in [0, 0.05) is 43.0 Å². The van der Waals surface area contributed by atoms with E-state index in [-0.39, 0.29) is 31.9 Å². The molecule has 2 aromatic carbocycles. The van der Waals surface area contributed by atoms with Gasteiger partial charge in [-0.1, -0.05) is 17.7 Å². The van der Waals surface area contributed by atoms with Crippen LogP contribution in [0.2, 0.25) is 5.02 Å². The minimum atomic E-state index is -4.68. The molecule has 190 valence electrons. The standard InChI is InChI=1S/C23H20ClF3N4O4S/c1-15-13-20(32)21(28-31(15)18-7-5-17(24)6-8-18)22(33)29-9-11-30(12-10-29)36(34,35)19-4-2-3-16(14-19)23(25,26)27/h2-8,13-14H,9-12H2,1H3. The Balaban J connectivity index is 1.53. The Kier molecular flexibility index (Phi) is 6.95. The van der Waals surface area contributed by atoms with E-state index in [0.717, 1.165) is 22.5 Å². The Labute approximate surface area is 209 Å². The van der Waals surface area contributed by atoms with Crippen LogP contribution in [0.5, 0.6) is 0 Å². The van der Waals surface area contributed by atoms with Crippen molar-refractivity contribution in [1.29, 1.82) is 0 Å². The van der Waals surface area contributed by atoms with Gasteiger partial charge in [-0.05, 0) is 49.4 Å². The van der Waals surface area contributed by atoms with Crippen LogP contribution in [0.1, 0.15) is 21.7 Å². The van der Waals surface area contributed by atoms with Gasteiger partial charge in [-0.25, -0.2) is 13.1 Å². The number of carbonyl (C=O) groups is 1. The predicted octanol–water partition coefficient (Wildman–Crippen LogP) is 3.36. The van der Waals surface area contributed by atoms with Crippen molar-refractivity contribution >= 4 is 27.5 Å². The van der Waals surface area contributed by atoms with E-state index >= 15 is 0 Å². The lowest BCUT2D eigenvalue weighted by molar-refractivity contribution is -0.137. The summed E-state index contributed by atoms with van der Waals surface area (Å²) in [6.45, 7) is 1.23. The highest BCUT2D eigenvalue weighted by Gasteiger charge is 2.35. The Morgan fingerprint density at radius 3 is 2.25 bits per heavy atom. The summed E-state index contributed by atoms with van der Waals surface area (Å²) in [5, 5.41) is 4.73. The largest absolute Gasteiger partial charge is 0.416 e. The molecule has 8 nitrogen and oxygen atoms in total. The molecule has 13 heteroatoms. The SMILES string of the molecule is Cc1cc(=O)c(C(=O)N2CCN(S(=O)(=O)c3cccc(C(F)(F)F)c3)CC2)nn1-c1ccc(Cl)cc1. The van der Waals surface area contributed by atoms with Crippen molar-refractivity contribution in [2.24, 2.45) is 0 Å². The van der Waals surface area contributed by atoms with Gasteiger partial charge in [0.1, 0.15) is 0 Å². The average molecular weight is 541 g/mol. The summed E-state index contributed by atoms with van der Waals surface area (Å²) in [5.41, 5.74) is -0.898. The summed E-state index contributed by atoms with van der Waals surface area (Å²) in [6, 6.07) is 11.4. The molecule has 1 amide bonds. The zero-order valence-corrected chi connectivity index (χ0v) is 20.4. The molecule has 1 aliphatic rings. The van der Waals surface area contributed by atoms with E-state index in [1.165, 1.54) is 15.6 Å². The quantitative estimate of drug-likeness (QED) is 0.506. The van der Waals surface area contributed by atoms with Crippen LogP contribution in [0.25, 0.3) is 5.69 Å². The molecule has 0 spiro atoms. The second-order valence-electron chi connectivity index (χ2n) is 8.11. The number of aryl methyl sites for hydroxylation is 1. The van der Waals surface area contributed by atoms with Gasteiger partial charge in [-0.2, -0.15) is 22.6 Å². The number of piperazine rings is 1. The molecule has 0 aliphatic carbocycles. The smallest absolute Gasteiger partial charge is 0.334 e. The maximum Gasteiger partial charge on any atom is 0.416 e. The topological polar surface area (TPSA) is 92.6 Å². The van der Waals surface area contributed by atoms with Gasteiger partial charge in [0.05, 0.1) is 16.1 Å². The van der Waals surface area contributed by atoms with E-state index < -0.39 is 38.0 Å². The number of hydrogen-bond donors (Lipinski definition) is 0. The lowest BCUT2D eigenvalue weighted by Crippen LogP contribution is -2.51. The molecule has 1 aromatic heterocycles. The van der Waals surface area contributed by atoms with E-state index in [0.29, 0.717) is 22.5 Å². The van der Waals surface area contributed by atoms with Gasteiger partial charge >= 0.3 is 6.18 Å². The number of rotatable bonds is 4. The molecule has 0 bridgehead atoms. The fourth-order valence-corrected chi connectivity index (χ4v) is 5.40. The van der Waals surface area contributed by atoms with E-state index in [2.05, 4.69) is 5.10 Å². The summed E-state index contributed by atoms with van der Waals surface area (Å²) in [6.07, 6.45) is -4.68. The number of aromatic nitrogens is 2. The summed E-state index contributed by atoms with van der Waals surface area (Å²) >= 11 is 5.92. The van der Waals surface area contributed by atoms with Crippen molar-refractivity contribution < 1.29 is 26.4 Å². The molecule has 4 rings (SSSR count). The lowest BCUT2D eigenvalue weighted by Gasteiger charge is -2.33. The van der Waals surface area contributed by atoms with Crippen LogP contribution >= 0.6 is 11.6 Å². The highest BCUT2D eigenvalue weighted by molar-refractivity contribution is 7.89. The minimum absolute atomic E-state index is 0.0625. The van der Waals surface area contributed by atoms with E-state index in [9.17, 15) is 31.2 Å². The van der Waals surface area contributed by atoms with Crippen molar-refractivity contribution in [2.45, 2.75) is 18.0 Å². The number of halogens is 4. The first-order valence-electron chi connectivity index (χ1n) is 10.7. The molecular formula is C23H20ClF3N4O4S. The molecule has 0 unspecified atom stereocenters. The molecule has 36 heavy (non-hydrogen) atoms. The molecule has 1 saturated heterocycles. The molecule has 3 aromatic rings. The lowest BCUT2D eigenvalue weighted by atomic mass is 10.2. The summed E-state index contributed by atoms with van der Waals surface area (Å²) < 4.78 is 67.3. The van der Waals surface area contributed by atoms with Crippen LogP contribution < -0.4 is 5.43 Å². The van der Waals surface area contributed by atoms with Gasteiger partial charge < -0.3 is 4.90 Å². The molecule has 1 fully saturated rings. The third-order valence-corrected chi connectivity index (χ3v) is 7.85. The first-order valence-corrected chi connectivity index (χ1v) is 12.5. The maximum atomic E-state index is 13.1. The Bertz CT molecular complexity index is 1470. The number of benzene rings is 2. The van der Waals surface area contributed by atoms with Crippen LogP contribution in [0.4, 0.5) is 13.2 Å². The normalized spacial score (nSPS) is 15.2. The highest BCUT2D eigenvalue weighted by Crippen LogP contribution is 2.31. The van der Waals surface area contributed by atoms with Crippen molar-refractivity contribution in [2.75, 3.05) is 26.2 Å². The number of sulfonamides is 1. The van der Waals surface area contributed by atoms with Gasteiger partial charge in [0.25, 0.3) is 5.91 Å². The fourth-order valence-electron chi connectivity index (χ4n) is 3.80. The molecular weight excluding hydrogens is 521 g/mol. The Morgan fingerprint density at radius 1 is 1.00 bits per heavy atom. The van der Waals surface area contributed by atoms with E-state index in [1.54, 1.807) is 31.2 Å². The maximum absolute atomic E-state index is 13.1. The number of amides is 1. The molecule has 0 atom stereocenters. The zero-order valence-electron chi connectivity index (χ0n) is 18.9. The molecule has 0 saturated carbocycles. The molecule has 2 heterocycles. The third kappa shape index (κ3) is 5.15. The van der Waals surface area contributed by atoms with Crippen molar-refractivity contribution in [1.82, 2.24) is 19.0 Å². The summed E-state index contributed by atoms with van der Waals surface area (Å²) in [4.78, 5) is 26.4. The second kappa shape index (κ2) is 9.68. The molecule has 1 aliphatic heterocycles. The van der Waals surface area contributed by atoms with Crippen LogP contribution in [0.15, 0.2) is 64.3 Å². The molecule has 0 N–H and O–H groups in total. The average Bonchev–Trinajstić information content (AvgIpc) is 2.84. The second-order valence-corrected chi connectivity index (χ2v) is 10.5. The monoisotopic (exact) mass is 540 g/mol.